The molecule has 0 saturated carbocycles. The van der Waals surface area contributed by atoms with Crippen LogP contribution in [0.5, 0.6) is 0 Å². The van der Waals surface area contributed by atoms with Crippen molar-refractivity contribution in [1.82, 2.24) is 4.90 Å². The SMILES string of the molecule is CCN(C=O)C(CC)(C(=O)O)c1ccc(Br)cc1. The van der Waals surface area contributed by atoms with Crippen LogP contribution >= 0.6 is 15.9 Å². The van der Waals surface area contributed by atoms with E-state index in [0.29, 0.717) is 24.9 Å². The lowest BCUT2D eigenvalue weighted by Crippen LogP contribution is -2.51. The van der Waals surface area contributed by atoms with Crippen molar-refractivity contribution in [3.63, 3.8) is 0 Å². The van der Waals surface area contributed by atoms with Crippen molar-refractivity contribution in [1.29, 1.82) is 0 Å². The van der Waals surface area contributed by atoms with Gasteiger partial charge in [-0.05, 0) is 31.0 Å². The molecular weight excluding hydrogens is 298 g/mol. The average molecular weight is 314 g/mol. The third-order valence-corrected chi connectivity index (χ3v) is 3.67. The summed E-state index contributed by atoms with van der Waals surface area (Å²) >= 11 is 3.31. The molecule has 1 aromatic carbocycles. The number of aliphatic carboxylic acids is 1. The predicted molar refractivity (Wildman–Crippen MR) is 72.2 cm³/mol. The highest BCUT2D eigenvalue weighted by atomic mass is 79.9. The fraction of sp³-hybridized carbons (Fsp3) is 0.385. The quantitative estimate of drug-likeness (QED) is 0.821. The van der Waals surface area contributed by atoms with E-state index in [1.54, 1.807) is 38.1 Å². The van der Waals surface area contributed by atoms with Crippen molar-refractivity contribution in [2.75, 3.05) is 6.54 Å². The maximum Gasteiger partial charge on any atom is 0.334 e. The zero-order valence-electron chi connectivity index (χ0n) is 10.4. The summed E-state index contributed by atoms with van der Waals surface area (Å²) in [6, 6.07) is 7.02. The van der Waals surface area contributed by atoms with Crippen LogP contribution in [0.3, 0.4) is 0 Å². The summed E-state index contributed by atoms with van der Waals surface area (Å²) in [4.78, 5) is 24.1. The second-order valence-corrected chi connectivity index (χ2v) is 4.83. The number of benzene rings is 1. The zero-order valence-corrected chi connectivity index (χ0v) is 12.0. The summed E-state index contributed by atoms with van der Waals surface area (Å²) in [5.41, 5.74) is -0.688. The number of carboxylic acids is 1. The number of carbonyl (C=O) groups is 2. The Morgan fingerprint density at radius 3 is 2.28 bits per heavy atom. The summed E-state index contributed by atoms with van der Waals surface area (Å²) in [6.45, 7) is 3.88. The molecule has 1 aromatic rings. The Morgan fingerprint density at radius 2 is 1.94 bits per heavy atom. The first-order valence-electron chi connectivity index (χ1n) is 5.74. The minimum Gasteiger partial charge on any atom is -0.479 e. The van der Waals surface area contributed by atoms with Gasteiger partial charge in [-0.25, -0.2) is 4.79 Å². The third-order valence-electron chi connectivity index (χ3n) is 3.15. The number of likely N-dealkylation sites (N-methyl/N-ethyl adjacent to an activating group) is 1. The molecule has 1 unspecified atom stereocenters. The van der Waals surface area contributed by atoms with Gasteiger partial charge in [0.1, 0.15) is 0 Å². The summed E-state index contributed by atoms with van der Waals surface area (Å²) in [5.74, 6) is -1.01. The molecule has 0 heterocycles. The van der Waals surface area contributed by atoms with E-state index >= 15 is 0 Å². The van der Waals surface area contributed by atoms with Gasteiger partial charge in [0, 0.05) is 11.0 Å². The van der Waals surface area contributed by atoms with Crippen molar-refractivity contribution in [2.24, 2.45) is 0 Å². The standard InChI is InChI=1S/C13H16BrNO3/c1-3-13(12(17)18,15(4-2)9-16)10-5-7-11(14)8-6-10/h5-9H,3-4H2,1-2H3,(H,17,18). The Kier molecular flexibility index (Phi) is 4.90. The maximum atomic E-state index is 11.7. The Labute approximate surface area is 115 Å². The highest BCUT2D eigenvalue weighted by molar-refractivity contribution is 9.10. The molecule has 1 rings (SSSR count). The Balaban J connectivity index is 3.39. The van der Waals surface area contributed by atoms with Gasteiger partial charge < -0.3 is 10.0 Å². The molecule has 5 heteroatoms. The third kappa shape index (κ3) is 2.41. The van der Waals surface area contributed by atoms with Gasteiger partial charge in [0.15, 0.2) is 5.54 Å². The Bertz CT molecular complexity index is 432. The van der Waals surface area contributed by atoms with Gasteiger partial charge in [-0.15, -0.1) is 0 Å². The van der Waals surface area contributed by atoms with Crippen molar-refractivity contribution < 1.29 is 14.7 Å². The van der Waals surface area contributed by atoms with Crippen molar-refractivity contribution in [2.45, 2.75) is 25.8 Å². The summed E-state index contributed by atoms with van der Waals surface area (Å²) in [5, 5.41) is 9.57. The molecule has 0 aliphatic carbocycles. The lowest BCUT2D eigenvalue weighted by molar-refractivity contribution is -0.156. The minimum absolute atomic E-state index is 0.316. The Morgan fingerprint density at radius 1 is 1.39 bits per heavy atom. The lowest BCUT2D eigenvalue weighted by atomic mass is 9.85. The highest BCUT2D eigenvalue weighted by Crippen LogP contribution is 2.32. The predicted octanol–water partition coefficient (Wildman–Crippen LogP) is 2.62. The van der Waals surface area contributed by atoms with Crippen LogP contribution in [-0.4, -0.2) is 28.9 Å². The van der Waals surface area contributed by atoms with Gasteiger partial charge >= 0.3 is 5.97 Å². The van der Waals surface area contributed by atoms with Crippen LogP contribution in [-0.2, 0) is 15.1 Å². The normalized spacial score (nSPS) is 13.7. The van der Waals surface area contributed by atoms with Crippen LogP contribution in [0, 0.1) is 0 Å². The van der Waals surface area contributed by atoms with Crippen LogP contribution < -0.4 is 0 Å². The number of nitrogens with zero attached hydrogens (tertiary/aromatic N) is 1. The molecule has 98 valence electrons. The van der Waals surface area contributed by atoms with Crippen LogP contribution in [0.1, 0.15) is 25.8 Å². The Hall–Kier alpha value is -1.36. The molecular formula is C13H16BrNO3. The second kappa shape index (κ2) is 6.00. The molecule has 0 aromatic heterocycles. The molecule has 1 N–H and O–H groups in total. The first kappa shape index (κ1) is 14.7. The van der Waals surface area contributed by atoms with E-state index in [1.807, 2.05) is 0 Å². The van der Waals surface area contributed by atoms with Crippen molar-refractivity contribution in [3.8, 4) is 0 Å². The summed E-state index contributed by atoms with van der Waals surface area (Å²) in [6.07, 6.45) is 0.913. The smallest absolute Gasteiger partial charge is 0.334 e. The van der Waals surface area contributed by atoms with E-state index < -0.39 is 11.5 Å². The number of amides is 1. The molecule has 0 aliphatic heterocycles. The van der Waals surface area contributed by atoms with E-state index in [1.165, 1.54) is 4.90 Å². The molecule has 1 amide bonds. The lowest BCUT2D eigenvalue weighted by Gasteiger charge is -2.37. The average Bonchev–Trinajstić information content (AvgIpc) is 2.36. The zero-order chi connectivity index (χ0) is 13.8. The van der Waals surface area contributed by atoms with Crippen LogP contribution in [0.15, 0.2) is 28.7 Å². The van der Waals surface area contributed by atoms with Crippen LogP contribution in [0.4, 0.5) is 0 Å². The number of carbonyl (C=O) groups excluding carboxylic acids is 1. The number of hydrogen-bond donors (Lipinski definition) is 1. The number of carboxylic acid groups (broad SMARTS) is 1. The second-order valence-electron chi connectivity index (χ2n) is 3.92. The van der Waals surface area contributed by atoms with Gasteiger partial charge in [0.05, 0.1) is 0 Å². The van der Waals surface area contributed by atoms with E-state index in [-0.39, 0.29) is 0 Å². The monoisotopic (exact) mass is 313 g/mol. The minimum atomic E-state index is -1.29. The molecule has 0 fully saturated rings. The first-order chi connectivity index (χ1) is 8.52. The molecule has 4 nitrogen and oxygen atoms in total. The first-order valence-corrected chi connectivity index (χ1v) is 6.53. The molecule has 0 spiro atoms. The van der Waals surface area contributed by atoms with Gasteiger partial charge in [0.2, 0.25) is 6.41 Å². The summed E-state index contributed by atoms with van der Waals surface area (Å²) < 4.78 is 0.871. The van der Waals surface area contributed by atoms with Crippen molar-refractivity contribution >= 4 is 28.3 Å². The number of halogens is 1. The number of hydrogen-bond acceptors (Lipinski definition) is 2. The van der Waals surface area contributed by atoms with Gasteiger partial charge in [-0.1, -0.05) is 35.0 Å². The van der Waals surface area contributed by atoms with Crippen LogP contribution in [0.2, 0.25) is 0 Å². The molecule has 18 heavy (non-hydrogen) atoms. The largest absolute Gasteiger partial charge is 0.479 e. The highest BCUT2D eigenvalue weighted by Gasteiger charge is 2.43. The van der Waals surface area contributed by atoms with Crippen LogP contribution in [0.25, 0.3) is 0 Å². The fourth-order valence-corrected chi connectivity index (χ4v) is 2.39. The molecule has 0 radical (unpaired) electrons. The van der Waals surface area contributed by atoms with Gasteiger partial charge in [0.25, 0.3) is 0 Å². The van der Waals surface area contributed by atoms with Gasteiger partial charge in [-0.2, -0.15) is 0 Å². The van der Waals surface area contributed by atoms with E-state index in [0.717, 1.165) is 4.47 Å². The van der Waals surface area contributed by atoms with E-state index in [4.69, 9.17) is 0 Å². The van der Waals surface area contributed by atoms with E-state index in [2.05, 4.69) is 15.9 Å². The van der Waals surface area contributed by atoms with Crippen molar-refractivity contribution in [3.05, 3.63) is 34.3 Å². The summed E-state index contributed by atoms with van der Waals surface area (Å²) in [7, 11) is 0. The molecule has 0 saturated heterocycles. The van der Waals surface area contributed by atoms with Gasteiger partial charge in [-0.3, -0.25) is 4.79 Å². The maximum absolute atomic E-state index is 11.7. The topological polar surface area (TPSA) is 57.6 Å². The molecule has 0 aliphatic rings. The number of rotatable bonds is 6. The molecule has 1 atom stereocenters. The molecule has 0 bridgehead atoms. The van der Waals surface area contributed by atoms with E-state index in [9.17, 15) is 14.7 Å². The fourth-order valence-electron chi connectivity index (χ4n) is 2.13.